The highest BCUT2D eigenvalue weighted by Gasteiger charge is 2.32. The van der Waals surface area contributed by atoms with Crippen LogP contribution in [0.1, 0.15) is 46.0 Å². The zero-order valence-corrected chi connectivity index (χ0v) is 13.0. The molecule has 1 heterocycles. The summed E-state index contributed by atoms with van der Waals surface area (Å²) in [6.45, 7) is 7.74. The second-order valence-electron chi connectivity index (χ2n) is 6.29. The maximum atomic E-state index is 5.60. The van der Waals surface area contributed by atoms with Crippen LogP contribution in [0.2, 0.25) is 11.1 Å². The molecule has 3 heteroatoms. The van der Waals surface area contributed by atoms with E-state index >= 15 is 0 Å². The molecule has 17 heavy (non-hydrogen) atoms. The van der Waals surface area contributed by atoms with Crippen molar-refractivity contribution in [3.63, 3.8) is 0 Å². The largest absolute Gasteiger partial charge is 0.379 e. The van der Waals surface area contributed by atoms with Gasteiger partial charge in [0.2, 0.25) is 0 Å². The van der Waals surface area contributed by atoms with Crippen molar-refractivity contribution in [2.45, 2.75) is 63.1 Å². The van der Waals surface area contributed by atoms with E-state index in [1.807, 2.05) is 0 Å². The first-order valence-electron chi connectivity index (χ1n) is 7.40. The SMILES string of the molecule is CC1CCCCC1(C)[SiH2]CCCOCC1CO1. The highest BCUT2D eigenvalue weighted by molar-refractivity contribution is 6.40. The second-order valence-corrected chi connectivity index (χ2v) is 9.11. The van der Waals surface area contributed by atoms with E-state index in [0.29, 0.717) is 6.10 Å². The summed E-state index contributed by atoms with van der Waals surface area (Å²) in [7, 11) is 0.0787. The zero-order valence-electron chi connectivity index (χ0n) is 11.5. The van der Waals surface area contributed by atoms with E-state index in [1.54, 1.807) is 0 Å². The molecule has 0 spiro atoms. The minimum Gasteiger partial charge on any atom is -0.379 e. The van der Waals surface area contributed by atoms with Crippen LogP contribution in [0.15, 0.2) is 0 Å². The van der Waals surface area contributed by atoms with E-state index in [-0.39, 0.29) is 9.52 Å². The highest BCUT2D eigenvalue weighted by atomic mass is 28.2. The molecule has 2 rings (SSSR count). The number of ether oxygens (including phenoxy) is 2. The summed E-state index contributed by atoms with van der Waals surface area (Å²) in [4.78, 5) is 0. The Bertz CT molecular complexity index is 230. The fourth-order valence-electron chi connectivity index (χ4n) is 3.06. The fraction of sp³-hybridized carbons (Fsp3) is 1.00. The minimum absolute atomic E-state index is 0.0787. The van der Waals surface area contributed by atoms with Crippen LogP contribution in [0.5, 0.6) is 0 Å². The lowest BCUT2D eigenvalue weighted by Crippen LogP contribution is -2.28. The topological polar surface area (TPSA) is 21.8 Å². The molecule has 0 aromatic heterocycles. The molecule has 3 unspecified atom stereocenters. The van der Waals surface area contributed by atoms with Gasteiger partial charge in [-0.1, -0.05) is 45.6 Å². The Morgan fingerprint density at radius 3 is 2.94 bits per heavy atom. The van der Waals surface area contributed by atoms with Crippen molar-refractivity contribution >= 4 is 9.52 Å². The first-order valence-corrected chi connectivity index (χ1v) is 9.11. The van der Waals surface area contributed by atoms with Crippen LogP contribution >= 0.6 is 0 Å². The minimum atomic E-state index is 0.0787. The molecule has 1 aliphatic carbocycles. The van der Waals surface area contributed by atoms with Gasteiger partial charge in [-0.2, -0.15) is 0 Å². The number of hydrogen-bond acceptors (Lipinski definition) is 2. The van der Waals surface area contributed by atoms with Gasteiger partial charge in [-0.25, -0.2) is 0 Å². The summed E-state index contributed by atoms with van der Waals surface area (Å²) < 4.78 is 10.7. The molecular formula is C14H28O2Si. The van der Waals surface area contributed by atoms with Gasteiger partial charge in [0, 0.05) is 16.1 Å². The Morgan fingerprint density at radius 1 is 1.41 bits per heavy atom. The molecular weight excluding hydrogens is 228 g/mol. The molecule has 0 amide bonds. The van der Waals surface area contributed by atoms with Crippen molar-refractivity contribution in [1.82, 2.24) is 0 Å². The molecule has 0 N–H and O–H groups in total. The smallest absolute Gasteiger partial charge is 0.104 e. The summed E-state index contributed by atoms with van der Waals surface area (Å²) in [5.41, 5.74) is 0. The van der Waals surface area contributed by atoms with Crippen molar-refractivity contribution in [2.24, 2.45) is 5.92 Å². The lowest BCUT2D eigenvalue weighted by atomic mass is 9.81. The van der Waals surface area contributed by atoms with Gasteiger partial charge < -0.3 is 9.47 Å². The lowest BCUT2D eigenvalue weighted by molar-refractivity contribution is 0.117. The van der Waals surface area contributed by atoms with Crippen molar-refractivity contribution in [1.29, 1.82) is 0 Å². The van der Waals surface area contributed by atoms with E-state index in [1.165, 1.54) is 38.1 Å². The highest BCUT2D eigenvalue weighted by Crippen LogP contribution is 2.46. The zero-order chi connectivity index (χ0) is 12.1. The predicted octanol–water partition coefficient (Wildman–Crippen LogP) is 2.77. The summed E-state index contributed by atoms with van der Waals surface area (Å²) in [6.07, 6.45) is 7.62. The molecule has 2 nitrogen and oxygen atoms in total. The molecule has 3 atom stereocenters. The van der Waals surface area contributed by atoms with E-state index in [9.17, 15) is 0 Å². The Hall–Kier alpha value is 0.137. The first kappa shape index (κ1) is 13.6. The van der Waals surface area contributed by atoms with Gasteiger partial charge in [0.25, 0.3) is 0 Å². The fourth-order valence-corrected chi connectivity index (χ4v) is 5.52. The molecule has 0 radical (unpaired) electrons. The number of rotatable bonds is 7. The Kier molecular flexibility index (Phi) is 5.06. The summed E-state index contributed by atoms with van der Waals surface area (Å²) >= 11 is 0. The van der Waals surface area contributed by atoms with Gasteiger partial charge >= 0.3 is 0 Å². The van der Waals surface area contributed by atoms with Crippen molar-refractivity contribution in [2.75, 3.05) is 19.8 Å². The maximum Gasteiger partial charge on any atom is 0.104 e. The third-order valence-corrected chi connectivity index (χ3v) is 7.86. The summed E-state index contributed by atoms with van der Waals surface area (Å²) in [5.74, 6) is 0.976. The molecule has 1 saturated heterocycles. The van der Waals surface area contributed by atoms with Gasteiger partial charge in [0.05, 0.1) is 13.2 Å². The van der Waals surface area contributed by atoms with E-state index in [0.717, 1.165) is 30.8 Å². The molecule has 0 aromatic rings. The lowest BCUT2D eigenvalue weighted by Gasteiger charge is -2.39. The summed E-state index contributed by atoms with van der Waals surface area (Å²) in [6, 6.07) is 1.46. The Labute approximate surface area is 108 Å². The molecule has 2 aliphatic rings. The Morgan fingerprint density at radius 2 is 2.24 bits per heavy atom. The second kappa shape index (κ2) is 6.35. The number of hydrogen-bond donors (Lipinski definition) is 0. The predicted molar refractivity (Wildman–Crippen MR) is 74.5 cm³/mol. The molecule has 100 valence electrons. The van der Waals surface area contributed by atoms with Crippen molar-refractivity contribution < 1.29 is 9.47 Å². The van der Waals surface area contributed by atoms with Gasteiger partial charge in [0.1, 0.15) is 6.10 Å². The monoisotopic (exact) mass is 256 g/mol. The average molecular weight is 256 g/mol. The van der Waals surface area contributed by atoms with E-state index in [2.05, 4.69) is 13.8 Å². The van der Waals surface area contributed by atoms with Crippen LogP contribution in [0.3, 0.4) is 0 Å². The summed E-state index contributed by atoms with van der Waals surface area (Å²) in [5, 5.41) is 0.748. The van der Waals surface area contributed by atoms with Crippen LogP contribution in [-0.4, -0.2) is 35.4 Å². The van der Waals surface area contributed by atoms with Crippen molar-refractivity contribution in [3.05, 3.63) is 0 Å². The van der Waals surface area contributed by atoms with Crippen LogP contribution in [0, 0.1) is 5.92 Å². The molecule has 2 fully saturated rings. The standard InChI is InChI=1S/C14H28O2Si/c1-12-6-3-4-7-14(12,2)17-9-5-8-15-10-13-11-16-13/h12-13H,3-11,17H2,1-2H3. The van der Waals surface area contributed by atoms with Gasteiger partial charge in [0.15, 0.2) is 0 Å². The first-order chi connectivity index (χ1) is 8.21. The normalized spacial score (nSPS) is 37.8. The van der Waals surface area contributed by atoms with Crippen LogP contribution in [-0.2, 0) is 9.47 Å². The Balaban J connectivity index is 1.53. The van der Waals surface area contributed by atoms with Gasteiger partial charge in [-0.3, -0.25) is 0 Å². The van der Waals surface area contributed by atoms with Crippen LogP contribution in [0.25, 0.3) is 0 Å². The molecule has 1 saturated carbocycles. The van der Waals surface area contributed by atoms with Crippen LogP contribution in [0.4, 0.5) is 0 Å². The average Bonchev–Trinajstić information content (AvgIpc) is 3.12. The van der Waals surface area contributed by atoms with Crippen molar-refractivity contribution in [3.8, 4) is 0 Å². The molecule has 1 aliphatic heterocycles. The molecule has 0 aromatic carbocycles. The van der Waals surface area contributed by atoms with Gasteiger partial charge in [-0.15, -0.1) is 0 Å². The maximum absolute atomic E-state index is 5.60. The third kappa shape index (κ3) is 4.38. The van der Waals surface area contributed by atoms with Crippen LogP contribution < -0.4 is 0 Å². The van der Waals surface area contributed by atoms with E-state index in [4.69, 9.17) is 9.47 Å². The van der Waals surface area contributed by atoms with Gasteiger partial charge in [-0.05, 0) is 17.4 Å². The third-order valence-electron chi connectivity index (χ3n) is 4.82. The number of epoxide rings is 1. The molecule has 0 bridgehead atoms. The van der Waals surface area contributed by atoms with E-state index < -0.39 is 0 Å². The quantitative estimate of drug-likeness (QED) is 0.397.